The van der Waals surface area contributed by atoms with E-state index in [4.69, 9.17) is 4.42 Å². The van der Waals surface area contributed by atoms with Crippen molar-refractivity contribution < 1.29 is 4.42 Å². The molecule has 0 saturated heterocycles. The van der Waals surface area contributed by atoms with Crippen molar-refractivity contribution in [3.63, 3.8) is 0 Å². The van der Waals surface area contributed by atoms with Crippen LogP contribution in [0.25, 0.3) is 44.2 Å². The number of anilines is 3. The molecule has 1 fully saturated rings. The van der Waals surface area contributed by atoms with Gasteiger partial charge in [0, 0.05) is 22.1 Å². The van der Waals surface area contributed by atoms with E-state index >= 15 is 0 Å². The lowest BCUT2D eigenvalue weighted by Crippen LogP contribution is -2.29. The van der Waals surface area contributed by atoms with E-state index in [1.54, 1.807) is 0 Å². The molecule has 1 heterocycles. The third kappa shape index (κ3) is 4.16. The molecule has 0 atom stereocenters. The molecule has 3 aliphatic rings. The Kier molecular flexibility index (Phi) is 6.75. The highest BCUT2D eigenvalue weighted by molar-refractivity contribution is 6.15. The van der Waals surface area contributed by atoms with Crippen LogP contribution in [0.5, 0.6) is 0 Å². The van der Waals surface area contributed by atoms with Crippen LogP contribution in [0.4, 0.5) is 17.1 Å². The lowest BCUT2D eigenvalue weighted by molar-refractivity contribution is 0.550. The Morgan fingerprint density at radius 2 is 1.02 bits per heavy atom. The average Bonchev–Trinajstić information content (AvgIpc) is 4.04. The summed E-state index contributed by atoms with van der Waals surface area (Å²) in [6, 6.07) is 69.8. The molecule has 1 spiro atoms. The van der Waals surface area contributed by atoms with Crippen LogP contribution in [0.2, 0.25) is 0 Å². The molecule has 0 bridgehead atoms. The first-order valence-electron chi connectivity index (χ1n) is 20.1. The summed E-state index contributed by atoms with van der Waals surface area (Å²) < 4.78 is 6.97. The Hall–Kier alpha value is -6.64. The van der Waals surface area contributed by atoms with Gasteiger partial charge in [0.2, 0.25) is 0 Å². The van der Waals surface area contributed by atoms with Gasteiger partial charge in [0.1, 0.15) is 11.2 Å². The summed E-state index contributed by atoms with van der Waals surface area (Å²) >= 11 is 0. The minimum atomic E-state index is -0.585. The van der Waals surface area contributed by atoms with Gasteiger partial charge in [-0.15, -0.1) is 0 Å². The molecule has 9 aromatic rings. The number of benzene rings is 8. The minimum Gasteiger partial charge on any atom is -0.456 e. The van der Waals surface area contributed by atoms with Crippen LogP contribution in [-0.2, 0) is 10.8 Å². The standard InChI is InChI=1S/C54H39NO/c1-3-18-36(19-4-1)54(44-27-12-7-22-39(44)40-23-8-13-28-45(40)54)37-34-48(52-42-25-10-14-31-49(42)56-50(52)35-37)55(38-20-5-2-6-21-38)47-30-17-29-46-51(47)41-24-9-11-26-43(41)53(46)32-15-16-33-53/h1-14,17-31,34-35H,15-16,32-33H2. The van der Waals surface area contributed by atoms with Crippen LogP contribution in [0.15, 0.2) is 192 Å². The van der Waals surface area contributed by atoms with Crippen molar-refractivity contribution in [2.24, 2.45) is 0 Å². The highest BCUT2D eigenvalue weighted by atomic mass is 16.3. The Balaban J connectivity index is 1.23. The molecular formula is C54H39NO. The number of para-hydroxylation sites is 2. The van der Waals surface area contributed by atoms with Gasteiger partial charge >= 0.3 is 0 Å². The van der Waals surface area contributed by atoms with Crippen molar-refractivity contribution in [2.45, 2.75) is 36.5 Å². The minimum absolute atomic E-state index is 0.0540. The Morgan fingerprint density at radius 1 is 0.429 bits per heavy atom. The molecule has 0 unspecified atom stereocenters. The van der Waals surface area contributed by atoms with E-state index in [0.717, 1.165) is 33.3 Å². The third-order valence-corrected chi connectivity index (χ3v) is 13.3. The molecular weight excluding hydrogens is 679 g/mol. The first-order valence-corrected chi connectivity index (χ1v) is 20.1. The molecule has 1 saturated carbocycles. The van der Waals surface area contributed by atoms with E-state index in [0.29, 0.717) is 0 Å². The molecule has 266 valence electrons. The van der Waals surface area contributed by atoms with Gasteiger partial charge in [-0.2, -0.15) is 0 Å². The largest absolute Gasteiger partial charge is 0.456 e. The average molecular weight is 718 g/mol. The highest BCUT2D eigenvalue weighted by Gasteiger charge is 2.48. The number of nitrogens with zero attached hydrogens (tertiary/aromatic N) is 1. The van der Waals surface area contributed by atoms with Crippen LogP contribution in [0.3, 0.4) is 0 Å². The monoisotopic (exact) mass is 717 g/mol. The van der Waals surface area contributed by atoms with E-state index in [1.807, 2.05) is 0 Å². The fourth-order valence-electron chi connectivity index (χ4n) is 11.1. The topological polar surface area (TPSA) is 16.4 Å². The lowest BCUT2D eigenvalue weighted by Gasteiger charge is -2.35. The molecule has 0 amide bonds. The molecule has 8 aromatic carbocycles. The summed E-state index contributed by atoms with van der Waals surface area (Å²) in [4.78, 5) is 2.54. The van der Waals surface area contributed by atoms with Gasteiger partial charge < -0.3 is 9.32 Å². The van der Waals surface area contributed by atoms with E-state index < -0.39 is 5.41 Å². The zero-order chi connectivity index (χ0) is 36.8. The van der Waals surface area contributed by atoms with Crippen LogP contribution < -0.4 is 4.90 Å². The summed E-state index contributed by atoms with van der Waals surface area (Å²) in [6.07, 6.45) is 4.90. The van der Waals surface area contributed by atoms with E-state index in [1.165, 1.54) is 87.0 Å². The maximum atomic E-state index is 6.97. The van der Waals surface area contributed by atoms with Crippen molar-refractivity contribution in [1.82, 2.24) is 0 Å². The van der Waals surface area contributed by atoms with Gasteiger partial charge in [0.25, 0.3) is 0 Å². The second-order valence-corrected chi connectivity index (χ2v) is 15.9. The smallest absolute Gasteiger partial charge is 0.137 e. The second-order valence-electron chi connectivity index (χ2n) is 15.9. The molecule has 3 aliphatic carbocycles. The van der Waals surface area contributed by atoms with Crippen LogP contribution in [-0.4, -0.2) is 0 Å². The number of hydrogen-bond donors (Lipinski definition) is 0. The molecule has 2 heteroatoms. The third-order valence-electron chi connectivity index (χ3n) is 13.3. The van der Waals surface area contributed by atoms with E-state index in [-0.39, 0.29) is 5.41 Å². The molecule has 56 heavy (non-hydrogen) atoms. The molecule has 0 N–H and O–H groups in total. The van der Waals surface area contributed by atoms with Gasteiger partial charge in [-0.1, -0.05) is 165 Å². The van der Waals surface area contributed by atoms with Crippen LogP contribution in [0.1, 0.15) is 59.1 Å². The normalized spacial score (nSPS) is 15.5. The SMILES string of the molecule is c1ccc(N(c2cccc3c2-c2ccccc2C32CCCC2)c2cc(C3(c4ccccc4)c4ccccc4-c4ccccc43)cc3oc4ccccc4c23)cc1. The van der Waals surface area contributed by atoms with Crippen molar-refractivity contribution in [2.75, 3.05) is 4.90 Å². The maximum absolute atomic E-state index is 6.97. The van der Waals surface area contributed by atoms with Gasteiger partial charge in [-0.3, -0.25) is 0 Å². The summed E-state index contributed by atoms with van der Waals surface area (Å²) in [6.45, 7) is 0. The van der Waals surface area contributed by atoms with Crippen molar-refractivity contribution in [3.8, 4) is 22.3 Å². The zero-order valence-electron chi connectivity index (χ0n) is 31.1. The molecule has 12 rings (SSSR count). The first kappa shape index (κ1) is 31.7. The second kappa shape index (κ2) is 11.9. The van der Waals surface area contributed by atoms with Crippen LogP contribution >= 0.6 is 0 Å². The van der Waals surface area contributed by atoms with Crippen molar-refractivity contribution in [3.05, 3.63) is 221 Å². The van der Waals surface area contributed by atoms with Gasteiger partial charge in [0.15, 0.2) is 0 Å². The van der Waals surface area contributed by atoms with Crippen LogP contribution in [0, 0.1) is 0 Å². The molecule has 1 aromatic heterocycles. The number of hydrogen-bond acceptors (Lipinski definition) is 2. The quantitative estimate of drug-likeness (QED) is 0.176. The van der Waals surface area contributed by atoms with Crippen molar-refractivity contribution in [1.29, 1.82) is 0 Å². The summed E-state index contributed by atoms with van der Waals surface area (Å²) in [7, 11) is 0. The fraction of sp³-hybridized carbons (Fsp3) is 0.111. The Morgan fingerprint density at radius 3 is 1.75 bits per heavy atom. The predicted molar refractivity (Wildman–Crippen MR) is 230 cm³/mol. The van der Waals surface area contributed by atoms with Gasteiger partial charge in [-0.05, 0) is 99.3 Å². The fourth-order valence-corrected chi connectivity index (χ4v) is 11.1. The summed E-state index contributed by atoms with van der Waals surface area (Å²) in [5.41, 5.74) is 17.9. The lowest BCUT2D eigenvalue weighted by atomic mass is 9.67. The summed E-state index contributed by atoms with van der Waals surface area (Å²) in [5, 5.41) is 2.24. The molecule has 2 nitrogen and oxygen atoms in total. The van der Waals surface area contributed by atoms with Crippen molar-refractivity contribution >= 4 is 39.0 Å². The van der Waals surface area contributed by atoms with E-state index in [2.05, 4.69) is 193 Å². The molecule has 0 radical (unpaired) electrons. The Bertz CT molecular complexity index is 2940. The Labute approximate surface area is 327 Å². The van der Waals surface area contributed by atoms with Gasteiger partial charge in [0.05, 0.1) is 22.2 Å². The highest BCUT2D eigenvalue weighted by Crippen LogP contribution is 2.62. The van der Waals surface area contributed by atoms with Gasteiger partial charge in [-0.25, -0.2) is 0 Å². The summed E-state index contributed by atoms with van der Waals surface area (Å²) in [5.74, 6) is 0. The number of rotatable bonds is 5. The first-order chi connectivity index (χ1) is 27.8. The zero-order valence-corrected chi connectivity index (χ0v) is 31.1. The predicted octanol–water partition coefficient (Wildman–Crippen LogP) is 14.3. The maximum Gasteiger partial charge on any atom is 0.137 e. The number of fused-ring (bicyclic) bond motifs is 11. The van der Waals surface area contributed by atoms with E-state index in [9.17, 15) is 0 Å². The number of furan rings is 1. The molecule has 0 aliphatic heterocycles.